The number of aliphatic carboxylic acids is 1. The molecule has 2 aliphatic heterocycles. The van der Waals surface area contributed by atoms with Crippen LogP contribution in [0.25, 0.3) is 0 Å². The molecule has 2 fully saturated rings. The summed E-state index contributed by atoms with van der Waals surface area (Å²) in [5.41, 5.74) is 1.19. The van der Waals surface area contributed by atoms with Gasteiger partial charge in [0, 0.05) is 25.7 Å². The molecule has 0 aromatic heterocycles. The van der Waals surface area contributed by atoms with Gasteiger partial charge in [-0.15, -0.1) is 0 Å². The molecule has 8 nitrogen and oxygen atoms in total. The van der Waals surface area contributed by atoms with Gasteiger partial charge < -0.3 is 5.11 Å². The van der Waals surface area contributed by atoms with E-state index in [1.807, 2.05) is 18.2 Å². The Bertz CT molecular complexity index is 968. The second kappa shape index (κ2) is 9.84. The number of nitrogens with zero attached hydrogens (tertiary/aromatic N) is 2. The highest BCUT2D eigenvalue weighted by Crippen LogP contribution is 2.30. The smallest absolute Gasteiger partial charge is 0.475 e. The molecular formula is C18H25F3N2O6S2. The van der Waals surface area contributed by atoms with Crippen LogP contribution in [-0.4, -0.2) is 86.2 Å². The maximum Gasteiger partial charge on any atom is 0.490 e. The predicted molar refractivity (Wildman–Crippen MR) is 108 cm³/mol. The van der Waals surface area contributed by atoms with E-state index in [0.29, 0.717) is 25.9 Å². The van der Waals surface area contributed by atoms with Gasteiger partial charge in [-0.05, 0) is 24.9 Å². The molecule has 13 heteroatoms. The van der Waals surface area contributed by atoms with Gasteiger partial charge in [0.2, 0.25) is 10.0 Å². The van der Waals surface area contributed by atoms with Gasteiger partial charge in [-0.1, -0.05) is 30.3 Å². The minimum absolute atomic E-state index is 0.0695. The first-order valence-corrected chi connectivity index (χ1v) is 13.0. The van der Waals surface area contributed by atoms with Crippen molar-refractivity contribution in [2.75, 3.05) is 31.6 Å². The van der Waals surface area contributed by atoms with Crippen LogP contribution in [0.2, 0.25) is 0 Å². The summed E-state index contributed by atoms with van der Waals surface area (Å²) in [4.78, 5) is 11.1. The van der Waals surface area contributed by atoms with Crippen LogP contribution in [0, 0.1) is 0 Å². The molecule has 31 heavy (non-hydrogen) atoms. The highest BCUT2D eigenvalue weighted by Gasteiger charge is 2.45. The number of hydrogen-bond acceptors (Lipinski definition) is 6. The van der Waals surface area contributed by atoms with Gasteiger partial charge in [0.15, 0.2) is 9.84 Å². The van der Waals surface area contributed by atoms with Gasteiger partial charge in [-0.3, -0.25) is 4.90 Å². The zero-order valence-corrected chi connectivity index (χ0v) is 18.5. The lowest BCUT2D eigenvalue weighted by Crippen LogP contribution is -2.56. The molecule has 2 heterocycles. The van der Waals surface area contributed by atoms with Crippen molar-refractivity contribution in [1.82, 2.24) is 9.21 Å². The summed E-state index contributed by atoms with van der Waals surface area (Å²) in [7, 11) is -6.62. The molecule has 0 unspecified atom stereocenters. The SMILES string of the molecule is CS(=O)(=O)N1CCS(=O)(=O)[C@@H]2CCN(Cc3ccccc3)CC[C@@H]21.O=C(O)C(F)(F)F. The molecule has 2 saturated heterocycles. The van der Waals surface area contributed by atoms with E-state index in [-0.39, 0.29) is 12.3 Å². The van der Waals surface area contributed by atoms with E-state index < -0.39 is 43.3 Å². The summed E-state index contributed by atoms with van der Waals surface area (Å²) in [6.45, 7) is 2.23. The van der Waals surface area contributed by atoms with Crippen LogP contribution in [0.5, 0.6) is 0 Å². The molecule has 1 aromatic rings. The van der Waals surface area contributed by atoms with Crippen LogP contribution >= 0.6 is 0 Å². The number of alkyl halides is 3. The maximum atomic E-state index is 12.5. The molecule has 0 spiro atoms. The molecule has 0 amide bonds. The van der Waals surface area contributed by atoms with Gasteiger partial charge >= 0.3 is 12.1 Å². The third kappa shape index (κ3) is 7.16. The standard InChI is InChI=1S/C16H24N2O4S2.C2HF3O2/c1-23(19,20)18-11-12-24(21,22)16-8-10-17(9-7-15(16)18)13-14-5-3-2-4-6-14;3-2(4,5)1(6)7/h2-6,15-16H,7-13H2,1H3;(H,6,7)/t15-,16+;/m0./s1. The number of benzene rings is 1. The van der Waals surface area contributed by atoms with Crippen LogP contribution in [0.15, 0.2) is 30.3 Å². The van der Waals surface area contributed by atoms with E-state index in [2.05, 4.69) is 17.0 Å². The third-order valence-corrected chi connectivity index (χ3v) is 8.77. The van der Waals surface area contributed by atoms with Crippen molar-refractivity contribution >= 4 is 25.8 Å². The Balaban J connectivity index is 0.000000423. The summed E-state index contributed by atoms with van der Waals surface area (Å²) in [6.07, 6.45) is -2.86. The topological polar surface area (TPSA) is 112 Å². The van der Waals surface area contributed by atoms with Gasteiger partial charge in [-0.2, -0.15) is 17.5 Å². The number of likely N-dealkylation sites (tertiary alicyclic amines) is 1. The fourth-order valence-electron chi connectivity index (χ4n) is 3.81. The average molecular weight is 487 g/mol. The molecule has 3 rings (SSSR count). The van der Waals surface area contributed by atoms with Crippen LogP contribution in [-0.2, 0) is 31.2 Å². The molecule has 0 aliphatic carbocycles. The number of sulfonamides is 1. The molecule has 1 aromatic carbocycles. The normalized spacial score (nSPS) is 24.9. The molecule has 0 saturated carbocycles. The van der Waals surface area contributed by atoms with E-state index in [0.717, 1.165) is 6.54 Å². The summed E-state index contributed by atoms with van der Waals surface area (Å²) in [6, 6.07) is 9.62. The van der Waals surface area contributed by atoms with Gasteiger partial charge in [0.05, 0.1) is 17.3 Å². The summed E-state index contributed by atoms with van der Waals surface area (Å²) >= 11 is 0. The zero-order chi connectivity index (χ0) is 23.4. The highest BCUT2D eigenvalue weighted by molar-refractivity contribution is 7.92. The second-order valence-corrected chi connectivity index (χ2v) is 11.8. The van der Waals surface area contributed by atoms with Gasteiger partial charge in [0.1, 0.15) is 0 Å². The van der Waals surface area contributed by atoms with Crippen LogP contribution in [0.3, 0.4) is 0 Å². The number of carboxylic acid groups (broad SMARTS) is 1. The van der Waals surface area contributed by atoms with Crippen molar-refractivity contribution < 1.29 is 39.9 Å². The Morgan fingerprint density at radius 3 is 2.19 bits per heavy atom. The first-order valence-electron chi connectivity index (χ1n) is 9.46. The first kappa shape index (κ1) is 25.6. The zero-order valence-electron chi connectivity index (χ0n) is 16.8. The van der Waals surface area contributed by atoms with Gasteiger partial charge in [0.25, 0.3) is 0 Å². The molecule has 1 N–H and O–H groups in total. The van der Waals surface area contributed by atoms with E-state index in [1.165, 1.54) is 16.1 Å². The number of halogens is 3. The van der Waals surface area contributed by atoms with Crippen molar-refractivity contribution in [3.63, 3.8) is 0 Å². The van der Waals surface area contributed by atoms with E-state index >= 15 is 0 Å². The van der Waals surface area contributed by atoms with E-state index in [1.54, 1.807) is 0 Å². The number of carbonyl (C=O) groups is 1. The summed E-state index contributed by atoms with van der Waals surface area (Å²) in [5, 5.41) is 6.54. The van der Waals surface area contributed by atoms with Crippen molar-refractivity contribution in [2.45, 2.75) is 36.9 Å². The Hall–Kier alpha value is -1.70. The predicted octanol–water partition coefficient (Wildman–Crippen LogP) is 1.34. The van der Waals surface area contributed by atoms with Crippen molar-refractivity contribution in [2.24, 2.45) is 0 Å². The molecule has 176 valence electrons. The molecule has 0 bridgehead atoms. The monoisotopic (exact) mass is 486 g/mol. The summed E-state index contributed by atoms with van der Waals surface area (Å²) < 4.78 is 82.2. The maximum absolute atomic E-state index is 12.5. The fraction of sp³-hybridized carbons (Fsp3) is 0.611. The molecule has 0 radical (unpaired) electrons. The number of hydrogen-bond donors (Lipinski definition) is 1. The highest BCUT2D eigenvalue weighted by atomic mass is 32.2. The van der Waals surface area contributed by atoms with Crippen molar-refractivity contribution in [3.8, 4) is 0 Å². The molecular weight excluding hydrogens is 461 g/mol. The average Bonchev–Trinajstić information content (AvgIpc) is 2.85. The lowest BCUT2D eigenvalue weighted by atomic mass is 10.1. The Labute approximate surface area is 179 Å². The molecule has 2 aliphatic rings. The first-order chi connectivity index (χ1) is 14.2. The van der Waals surface area contributed by atoms with Crippen LogP contribution in [0.4, 0.5) is 13.2 Å². The number of sulfone groups is 1. The molecule has 2 atom stereocenters. The lowest BCUT2D eigenvalue weighted by molar-refractivity contribution is -0.192. The second-order valence-electron chi connectivity index (χ2n) is 7.49. The quantitative estimate of drug-likeness (QED) is 0.686. The van der Waals surface area contributed by atoms with E-state index in [9.17, 15) is 30.0 Å². The largest absolute Gasteiger partial charge is 0.490 e. The minimum Gasteiger partial charge on any atom is -0.475 e. The Kier molecular flexibility index (Phi) is 8.11. The number of fused-ring (bicyclic) bond motifs is 1. The number of carboxylic acids is 1. The van der Waals surface area contributed by atoms with E-state index in [4.69, 9.17) is 9.90 Å². The fourth-order valence-corrected chi connectivity index (χ4v) is 7.15. The Morgan fingerprint density at radius 1 is 1.13 bits per heavy atom. The lowest BCUT2D eigenvalue weighted by Gasteiger charge is -2.38. The van der Waals surface area contributed by atoms with Gasteiger partial charge in [-0.25, -0.2) is 21.6 Å². The minimum atomic E-state index is -5.08. The Morgan fingerprint density at radius 2 is 1.68 bits per heavy atom. The van der Waals surface area contributed by atoms with Crippen molar-refractivity contribution in [3.05, 3.63) is 35.9 Å². The van der Waals surface area contributed by atoms with Crippen LogP contribution in [0.1, 0.15) is 18.4 Å². The third-order valence-electron chi connectivity index (χ3n) is 5.24. The van der Waals surface area contributed by atoms with Crippen LogP contribution < -0.4 is 0 Å². The van der Waals surface area contributed by atoms with Crippen molar-refractivity contribution in [1.29, 1.82) is 0 Å². The summed E-state index contributed by atoms with van der Waals surface area (Å²) in [5.74, 6) is -2.83. The number of rotatable bonds is 3.